The Hall–Kier alpha value is -2.63. The summed E-state index contributed by atoms with van der Waals surface area (Å²) in [4.78, 5) is 41.0. The fourth-order valence-corrected chi connectivity index (χ4v) is 4.03. The second kappa shape index (κ2) is 8.37. The average Bonchev–Trinajstić information content (AvgIpc) is 2.72. The first-order valence-corrected chi connectivity index (χ1v) is 9.69. The highest BCUT2D eigenvalue weighted by molar-refractivity contribution is 6.04. The van der Waals surface area contributed by atoms with Crippen molar-refractivity contribution in [1.82, 2.24) is 10.2 Å². The zero-order valence-corrected chi connectivity index (χ0v) is 15.9. The molecule has 1 unspecified atom stereocenters. The van der Waals surface area contributed by atoms with Gasteiger partial charge in [0.1, 0.15) is 0 Å². The third-order valence-corrected chi connectivity index (χ3v) is 5.35. The van der Waals surface area contributed by atoms with Crippen LogP contribution in [0.4, 0.5) is 5.69 Å². The monoisotopic (exact) mass is 369 g/mol. The third-order valence-electron chi connectivity index (χ3n) is 5.35. The second-order valence-corrected chi connectivity index (χ2v) is 7.09. The van der Waals surface area contributed by atoms with Crippen LogP contribution in [0.3, 0.4) is 0 Å². The van der Waals surface area contributed by atoms with Gasteiger partial charge in [0.05, 0.1) is 5.92 Å². The van der Waals surface area contributed by atoms with Crippen molar-refractivity contribution in [2.75, 3.05) is 31.1 Å². The quantitative estimate of drug-likeness (QED) is 0.827. The van der Waals surface area contributed by atoms with Crippen LogP contribution in [0.1, 0.15) is 42.1 Å². The second-order valence-electron chi connectivity index (χ2n) is 7.09. The Bertz CT molecular complexity index is 759. The molecular formula is C21H27N3O3. The highest BCUT2D eigenvalue weighted by Gasteiger charge is 2.31. The van der Waals surface area contributed by atoms with Gasteiger partial charge in [-0.05, 0) is 56.4 Å². The zero-order chi connectivity index (χ0) is 19.4. The van der Waals surface area contributed by atoms with Crippen molar-refractivity contribution in [2.45, 2.75) is 32.6 Å². The van der Waals surface area contributed by atoms with Crippen molar-refractivity contribution in [3.8, 4) is 0 Å². The summed E-state index contributed by atoms with van der Waals surface area (Å²) in [5.41, 5.74) is 2.36. The molecule has 27 heavy (non-hydrogen) atoms. The molecule has 0 saturated carbocycles. The van der Waals surface area contributed by atoms with Crippen LogP contribution in [0.2, 0.25) is 0 Å². The van der Waals surface area contributed by atoms with E-state index in [1.54, 1.807) is 9.80 Å². The Balaban J connectivity index is 1.84. The minimum Gasteiger partial charge on any atom is -0.356 e. The highest BCUT2D eigenvalue weighted by Crippen LogP contribution is 2.31. The summed E-state index contributed by atoms with van der Waals surface area (Å²) >= 11 is 0. The fourth-order valence-electron chi connectivity index (χ4n) is 4.03. The first-order chi connectivity index (χ1) is 13.1. The first kappa shape index (κ1) is 19.1. The normalized spacial score (nSPS) is 19.2. The lowest BCUT2D eigenvalue weighted by atomic mass is 9.93. The van der Waals surface area contributed by atoms with Crippen LogP contribution in [0.15, 0.2) is 30.9 Å². The summed E-state index contributed by atoms with van der Waals surface area (Å²) in [5, 5.41) is 2.86. The number of nitrogens with one attached hydrogen (secondary N) is 1. The van der Waals surface area contributed by atoms with E-state index in [0.717, 1.165) is 36.9 Å². The predicted octanol–water partition coefficient (Wildman–Crippen LogP) is 2.14. The van der Waals surface area contributed by atoms with Crippen molar-refractivity contribution < 1.29 is 14.4 Å². The number of carbonyl (C=O) groups is 3. The van der Waals surface area contributed by atoms with Gasteiger partial charge in [0, 0.05) is 37.4 Å². The van der Waals surface area contributed by atoms with Crippen LogP contribution in [-0.4, -0.2) is 48.8 Å². The number of benzene rings is 1. The maximum absolute atomic E-state index is 13.2. The summed E-state index contributed by atoms with van der Waals surface area (Å²) in [7, 11) is 0. The van der Waals surface area contributed by atoms with Crippen molar-refractivity contribution in [2.24, 2.45) is 5.92 Å². The molecule has 0 aromatic heterocycles. The molecule has 0 radical (unpaired) electrons. The number of amides is 3. The molecule has 1 aromatic rings. The predicted molar refractivity (Wildman–Crippen MR) is 105 cm³/mol. The number of rotatable bonds is 4. The molecule has 3 rings (SSSR count). The van der Waals surface area contributed by atoms with E-state index in [1.807, 2.05) is 25.1 Å². The van der Waals surface area contributed by atoms with Crippen LogP contribution >= 0.6 is 0 Å². The number of likely N-dealkylation sites (tertiary alicyclic amines) is 1. The topological polar surface area (TPSA) is 69.7 Å². The van der Waals surface area contributed by atoms with E-state index in [4.69, 9.17) is 0 Å². The van der Waals surface area contributed by atoms with Crippen molar-refractivity contribution in [1.29, 1.82) is 0 Å². The molecule has 1 saturated heterocycles. The summed E-state index contributed by atoms with van der Waals surface area (Å²) < 4.78 is 0. The summed E-state index contributed by atoms with van der Waals surface area (Å²) in [6.07, 6.45) is 4.53. The molecule has 0 aliphatic carbocycles. The molecule has 2 aliphatic rings. The van der Waals surface area contributed by atoms with Gasteiger partial charge >= 0.3 is 0 Å². The molecule has 3 amide bonds. The van der Waals surface area contributed by atoms with Gasteiger partial charge in [0.25, 0.3) is 5.91 Å². The lowest BCUT2D eigenvalue weighted by Crippen LogP contribution is -2.45. The van der Waals surface area contributed by atoms with Crippen molar-refractivity contribution in [3.63, 3.8) is 0 Å². The zero-order valence-electron chi connectivity index (χ0n) is 15.9. The number of piperidine rings is 1. The maximum atomic E-state index is 13.2. The number of hydrogen-bond donors (Lipinski definition) is 1. The smallest absolute Gasteiger partial charge is 0.254 e. The lowest BCUT2D eigenvalue weighted by Gasteiger charge is -2.34. The minimum atomic E-state index is -0.152. The highest BCUT2D eigenvalue weighted by atomic mass is 16.2. The molecule has 1 N–H and O–H groups in total. The molecule has 2 heterocycles. The van der Waals surface area contributed by atoms with Crippen LogP contribution in [0.5, 0.6) is 0 Å². The molecule has 0 bridgehead atoms. The molecule has 1 atom stereocenters. The van der Waals surface area contributed by atoms with E-state index in [0.29, 0.717) is 31.7 Å². The number of anilines is 1. The Kier molecular flexibility index (Phi) is 5.94. The summed E-state index contributed by atoms with van der Waals surface area (Å²) in [6, 6.07) is 5.55. The van der Waals surface area contributed by atoms with Gasteiger partial charge in [-0.15, -0.1) is 0 Å². The molecule has 1 fully saturated rings. The third kappa shape index (κ3) is 3.89. The molecule has 6 nitrogen and oxygen atoms in total. The molecule has 144 valence electrons. The number of carbonyl (C=O) groups excluding carboxylic acids is 3. The Morgan fingerprint density at radius 2 is 2.07 bits per heavy atom. The van der Waals surface area contributed by atoms with E-state index in [2.05, 4.69) is 11.9 Å². The number of fused-ring (bicyclic) bond motifs is 1. The van der Waals surface area contributed by atoms with Gasteiger partial charge in [-0.3, -0.25) is 14.4 Å². The molecule has 0 spiro atoms. The van der Waals surface area contributed by atoms with E-state index in [-0.39, 0.29) is 23.6 Å². The molecular weight excluding hydrogens is 342 g/mol. The lowest BCUT2D eigenvalue weighted by molar-refractivity contribution is -0.126. The maximum Gasteiger partial charge on any atom is 0.254 e. The van der Waals surface area contributed by atoms with E-state index in [1.165, 1.54) is 6.08 Å². The molecule has 1 aromatic carbocycles. The largest absolute Gasteiger partial charge is 0.356 e. The van der Waals surface area contributed by atoms with E-state index >= 15 is 0 Å². The number of nitrogens with zero attached hydrogens (tertiary/aromatic N) is 2. The van der Waals surface area contributed by atoms with E-state index in [9.17, 15) is 14.4 Å². The van der Waals surface area contributed by atoms with Crippen molar-refractivity contribution in [3.05, 3.63) is 42.0 Å². The number of hydrogen-bond acceptors (Lipinski definition) is 3. The SMILES string of the molecule is C=CC(=O)N1CCCc2c(C(=O)N3CCCC(C(=O)NCC)C3)cccc21. The standard InChI is InChI=1S/C21H27N3O3/c1-3-19(25)24-13-7-10-16-17(9-5-11-18(16)24)21(27)23-12-6-8-15(14-23)20(26)22-4-2/h3,5,9,11,15H,1,4,6-8,10,12-14H2,2H3,(H,22,26). The van der Waals surface area contributed by atoms with Crippen molar-refractivity contribution >= 4 is 23.4 Å². The van der Waals surface area contributed by atoms with Gasteiger partial charge in [-0.25, -0.2) is 0 Å². The first-order valence-electron chi connectivity index (χ1n) is 9.69. The van der Waals surface area contributed by atoms with E-state index < -0.39 is 0 Å². The van der Waals surface area contributed by atoms with Gasteiger partial charge in [0.15, 0.2) is 0 Å². The Labute approximate surface area is 160 Å². The summed E-state index contributed by atoms with van der Waals surface area (Å²) in [6.45, 7) is 7.82. The van der Waals surface area contributed by atoms with Crippen LogP contribution in [-0.2, 0) is 16.0 Å². The minimum absolute atomic E-state index is 0.0212. The fraction of sp³-hybridized carbons (Fsp3) is 0.476. The van der Waals surface area contributed by atoms with Crippen LogP contribution < -0.4 is 10.2 Å². The summed E-state index contributed by atoms with van der Waals surface area (Å²) in [5.74, 6) is -0.322. The Morgan fingerprint density at radius 1 is 1.26 bits per heavy atom. The van der Waals surface area contributed by atoms with Crippen LogP contribution in [0.25, 0.3) is 0 Å². The van der Waals surface area contributed by atoms with Crippen LogP contribution in [0, 0.1) is 5.92 Å². The Morgan fingerprint density at radius 3 is 2.81 bits per heavy atom. The van der Waals surface area contributed by atoms with Gasteiger partial charge in [-0.1, -0.05) is 12.6 Å². The van der Waals surface area contributed by atoms with Gasteiger partial charge in [-0.2, -0.15) is 0 Å². The van der Waals surface area contributed by atoms with Gasteiger partial charge in [0.2, 0.25) is 11.8 Å². The average molecular weight is 369 g/mol. The molecule has 6 heteroatoms. The molecule has 2 aliphatic heterocycles. The van der Waals surface area contributed by atoms with Gasteiger partial charge < -0.3 is 15.1 Å².